The van der Waals surface area contributed by atoms with Gasteiger partial charge in [-0.15, -0.1) is 0 Å². The van der Waals surface area contributed by atoms with Crippen molar-refractivity contribution in [3.05, 3.63) is 39.7 Å². The predicted octanol–water partition coefficient (Wildman–Crippen LogP) is 0.493. The Morgan fingerprint density at radius 3 is 3.05 bits per heavy atom. The average Bonchev–Trinajstić information content (AvgIpc) is 2.82. The molecule has 0 radical (unpaired) electrons. The minimum atomic E-state index is -0.898. The predicted molar refractivity (Wildman–Crippen MR) is 70.5 cm³/mol. The van der Waals surface area contributed by atoms with E-state index in [-0.39, 0.29) is 12.2 Å². The lowest BCUT2D eigenvalue weighted by Gasteiger charge is -2.15. The number of pyridine rings is 1. The summed E-state index contributed by atoms with van der Waals surface area (Å²) in [6.07, 6.45) is -0.769. The van der Waals surface area contributed by atoms with Crippen LogP contribution in [-0.2, 0) is 6.42 Å². The number of benzene rings is 1. The van der Waals surface area contributed by atoms with Gasteiger partial charge in [0.2, 0.25) is 5.56 Å². The summed E-state index contributed by atoms with van der Waals surface area (Å²) in [5.74, 6) is 0.689. The Morgan fingerprint density at radius 2 is 2.32 bits per heavy atom. The van der Waals surface area contributed by atoms with Crippen LogP contribution in [0.5, 0.6) is 5.75 Å². The van der Waals surface area contributed by atoms with E-state index in [0.29, 0.717) is 12.2 Å². The van der Waals surface area contributed by atoms with Gasteiger partial charge in [-0.25, -0.2) is 0 Å². The molecular weight excluding hydrogens is 246 g/mol. The molecule has 0 saturated heterocycles. The summed E-state index contributed by atoms with van der Waals surface area (Å²) >= 11 is 0. The van der Waals surface area contributed by atoms with E-state index < -0.39 is 12.2 Å². The highest BCUT2D eigenvalue weighted by molar-refractivity contribution is 5.89. The van der Waals surface area contributed by atoms with Crippen molar-refractivity contribution in [2.75, 3.05) is 6.61 Å². The van der Waals surface area contributed by atoms with Gasteiger partial charge in [-0.1, -0.05) is 6.07 Å². The number of hydrogen-bond donors (Lipinski definition) is 3. The molecule has 0 aliphatic carbocycles. The quantitative estimate of drug-likeness (QED) is 0.735. The lowest BCUT2D eigenvalue weighted by molar-refractivity contribution is 0.0100. The molecule has 2 heterocycles. The van der Waals surface area contributed by atoms with Gasteiger partial charge in [-0.2, -0.15) is 0 Å². The minimum Gasteiger partial charge on any atom is -0.486 e. The first-order valence-electron chi connectivity index (χ1n) is 6.21. The molecule has 100 valence electrons. The fraction of sp³-hybridized carbons (Fsp3) is 0.357. The van der Waals surface area contributed by atoms with Crippen LogP contribution in [0.3, 0.4) is 0 Å². The molecule has 0 saturated carbocycles. The molecular formula is C14H15NO4. The summed E-state index contributed by atoms with van der Waals surface area (Å²) < 4.78 is 5.74. The largest absolute Gasteiger partial charge is 0.486 e. The number of ether oxygens (including phenoxy) is 1. The average molecular weight is 261 g/mol. The highest BCUT2D eigenvalue weighted by Gasteiger charge is 2.30. The zero-order chi connectivity index (χ0) is 13.6. The number of aromatic amines is 1. The van der Waals surface area contributed by atoms with Crippen LogP contribution in [0.1, 0.15) is 11.1 Å². The Bertz CT molecular complexity index is 692. The number of fused-ring (bicyclic) bond motifs is 3. The standard InChI is InChI=1S/C14H15NO4/c1-7-4-8-5-11(10(17)6-16)19-14(8)9-2-3-12(18)15-13(7)9/h2-4,10-11,16-17H,5-6H2,1H3,(H,15,18). The maximum absolute atomic E-state index is 11.4. The number of aryl methyl sites for hydroxylation is 1. The van der Waals surface area contributed by atoms with Gasteiger partial charge >= 0.3 is 0 Å². The summed E-state index contributed by atoms with van der Waals surface area (Å²) in [4.78, 5) is 14.2. The van der Waals surface area contributed by atoms with Gasteiger partial charge in [0, 0.05) is 17.9 Å². The summed E-state index contributed by atoms with van der Waals surface area (Å²) in [5.41, 5.74) is 2.56. The van der Waals surface area contributed by atoms with Crippen molar-refractivity contribution in [3.8, 4) is 5.75 Å². The van der Waals surface area contributed by atoms with E-state index in [9.17, 15) is 9.90 Å². The second kappa shape index (κ2) is 4.36. The third-order valence-corrected chi connectivity index (χ3v) is 3.55. The van der Waals surface area contributed by atoms with Gasteiger partial charge in [0.15, 0.2) is 0 Å². The van der Waals surface area contributed by atoms with Crippen LogP contribution in [0.2, 0.25) is 0 Å². The fourth-order valence-electron chi connectivity index (χ4n) is 2.58. The SMILES string of the molecule is Cc1cc2c(c3ccc(=O)[nH]c13)OC(C(O)CO)C2. The van der Waals surface area contributed by atoms with Crippen molar-refractivity contribution in [2.45, 2.75) is 25.6 Å². The van der Waals surface area contributed by atoms with E-state index in [0.717, 1.165) is 22.0 Å². The molecule has 5 heteroatoms. The maximum Gasteiger partial charge on any atom is 0.248 e. The molecule has 2 unspecified atom stereocenters. The van der Waals surface area contributed by atoms with Gasteiger partial charge in [0.1, 0.15) is 18.0 Å². The number of aromatic nitrogens is 1. The Hall–Kier alpha value is -1.85. The molecule has 0 bridgehead atoms. The molecule has 1 aliphatic heterocycles. The van der Waals surface area contributed by atoms with E-state index in [1.165, 1.54) is 6.07 Å². The monoisotopic (exact) mass is 261 g/mol. The molecule has 3 rings (SSSR count). The highest BCUT2D eigenvalue weighted by Crippen LogP contribution is 2.37. The molecule has 2 aromatic rings. The smallest absolute Gasteiger partial charge is 0.248 e. The third-order valence-electron chi connectivity index (χ3n) is 3.55. The molecule has 1 aliphatic rings. The Kier molecular flexibility index (Phi) is 2.80. The first kappa shape index (κ1) is 12.2. The van der Waals surface area contributed by atoms with Gasteiger partial charge in [-0.05, 0) is 24.1 Å². The number of rotatable bonds is 2. The normalized spacial score (nSPS) is 19.2. The topological polar surface area (TPSA) is 82.6 Å². The van der Waals surface area contributed by atoms with Crippen molar-refractivity contribution < 1.29 is 14.9 Å². The highest BCUT2D eigenvalue weighted by atomic mass is 16.5. The molecule has 0 spiro atoms. The summed E-state index contributed by atoms with van der Waals surface area (Å²) in [5, 5.41) is 19.5. The fourth-order valence-corrected chi connectivity index (χ4v) is 2.58. The van der Waals surface area contributed by atoms with Crippen molar-refractivity contribution in [3.63, 3.8) is 0 Å². The summed E-state index contributed by atoms with van der Waals surface area (Å²) in [6, 6.07) is 5.15. The number of aliphatic hydroxyl groups excluding tert-OH is 2. The van der Waals surface area contributed by atoms with Gasteiger partial charge in [-0.3, -0.25) is 4.79 Å². The molecule has 1 aromatic heterocycles. The van der Waals surface area contributed by atoms with Crippen molar-refractivity contribution in [1.82, 2.24) is 4.98 Å². The van der Waals surface area contributed by atoms with Crippen LogP contribution in [0, 0.1) is 6.92 Å². The number of H-pyrrole nitrogens is 1. The minimum absolute atomic E-state index is 0.152. The zero-order valence-electron chi connectivity index (χ0n) is 10.5. The molecule has 2 atom stereocenters. The Morgan fingerprint density at radius 1 is 1.53 bits per heavy atom. The maximum atomic E-state index is 11.4. The van der Waals surface area contributed by atoms with Gasteiger partial charge in [0.05, 0.1) is 12.1 Å². The molecule has 1 aromatic carbocycles. The first-order chi connectivity index (χ1) is 9.10. The second-order valence-corrected chi connectivity index (χ2v) is 4.90. The number of nitrogens with one attached hydrogen (secondary N) is 1. The lowest BCUT2D eigenvalue weighted by Crippen LogP contribution is -2.32. The first-order valence-corrected chi connectivity index (χ1v) is 6.21. The number of hydrogen-bond acceptors (Lipinski definition) is 4. The summed E-state index contributed by atoms with van der Waals surface area (Å²) in [7, 11) is 0. The molecule has 3 N–H and O–H groups in total. The van der Waals surface area contributed by atoms with E-state index in [1.54, 1.807) is 6.07 Å². The van der Waals surface area contributed by atoms with Crippen molar-refractivity contribution in [1.29, 1.82) is 0 Å². The summed E-state index contributed by atoms with van der Waals surface area (Å²) in [6.45, 7) is 1.60. The van der Waals surface area contributed by atoms with Gasteiger partial charge < -0.3 is 19.9 Å². The van der Waals surface area contributed by atoms with Crippen LogP contribution < -0.4 is 10.3 Å². The van der Waals surface area contributed by atoms with Crippen LogP contribution in [0.25, 0.3) is 10.9 Å². The number of aliphatic hydroxyl groups is 2. The zero-order valence-corrected chi connectivity index (χ0v) is 10.5. The van der Waals surface area contributed by atoms with Crippen LogP contribution in [0.4, 0.5) is 0 Å². The Labute approximate surface area is 109 Å². The van der Waals surface area contributed by atoms with Crippen molar-refractivity contribution in [2.24, 2.45) is 0 Å². The van der Waals surface area contributed by atoms with E-state index in [1.807, 2.05) is 13.0 Å². The van der Waals surface area contributed by atoms with Crippen molar-refractivity contribution >= 4 is 10.9 Å². The van der Waals surface area contributed by atoms with Gasteiger partial charge in [0.25, 0.3) is 0 Å². The second-order valence-electron chi connectivity index (χ2n) is 4.90. The lowest BCUT2D eigenvalue weighted by atomic mass is 10.0. The van der Waals surface area contributed by atoms with E-state index in [4.69, 9.17) is 9.84 Å². The van der Waals surface area contributed by atoms with Crippen LogP contribution >= 0.6 is 0 Å². The third kappa shape index (κ3) is 1.91. The van der Waals surface area contributed by atoms with Crippen LogP contribution in [-0.4, -0.2) is 34.0 Å². The molecule has 5 nitrogen and oxygen atoms in total. The van der Waals surface area contributed by atoms with Crippen LogP contribution in [0.15, 0.2) is 23.0 Å². The van der Waals surface area contributed by atoms with E-state index in [2.05, 4.69) is 4.98 Å². The molecule has 0 fully saturated rings. The molecule has 0 amide bonds. The van der Waals surface area contributed by atoms with E-state index >= 15 is 0 Å². The Balaban J connectivity index is 2.15. The molecule has 19 heavy (non-hydrogen) atoms.